The number of ether oxygens (including phenoxy) is 1. The highest BCUT2D eigenvalue weighted by molar-refractivity contribution is 5.85. The second-order valence-electron chi connectivity index (χ2n) is 4.39. The van der Waals surface area contributed by atoms with E-state index in [2.05, 4.69) is 10.6 Å². The van der Waals surface area contributed by atoms with Gasteiger partial charge in [0.1, 0.15) is 0 Å². The molecule has 100 valence electrons. The largest absolute Gasteiger partial charge is 0.381 e. The summed E-state index contributed by atoms with van der Waals surface area (Å²) < 4.78 is 30.9. The van der Waals surface area contributed by atoms with Gasteiger partial charge in [-0.25, -0.2) is 8.78 Å². The average Bonchev–Trinajstić information content (AvgIpc) is 2.60. The van der Waals surface area contributed by atoms with E-state index in [9.17, 15) is 13.6 Å². The maximum atomic E-state index is 12.9. The molecule has 2 N–H and O–H groups in total. The zero-order chi connectivity index (χ0) is 11.6. The lowest BCUT2D eigenvalue weighted by Gasteiger charge is -2.24. The SMILES string of the molecule is Cl.O=C(NC1CCOCC1)C1CC(F)(F)CN1. The molecule has 1 unspecified atom stereocenters. The van der Waals surface area contributed by atoms with E-state index in [1.165, 1.54) is 0 Å². The molecular weight excluding hydrogens is 254 g/mol. The van der Waals surface area contributed by atoms with Gasteiger partial charge in [0.05, 0.1) is 12.6 Å². The standard InChI is InChI=1S/C10H16F2N2O2.ClH/c11-10(12)5-8(13-6-10)9(15)14-7-1-3-16-4-2-7;/h7-8,13H,1-6H2,(H,14,15);1H. The Morgan fingerprint density at radius 2 is 2.00 bits per heavy atom. The van der Waals surface area contributed by atoms with Gasteiger partial charge in [0.2, 0.25) is 5.91 Å². The zero-order valence-electron chi connectivity index (χ0n) is 9.38. The van der Waals surface area contributed by atoms with E-state index >= 15 is 0 Å². The fraction of sp³-hybridized carbons (Fsp3) is 0.900. The van der Waals surface area contributed by atoms with Crippen molar-refractivity contribution >= 4 is 18.3 Å². The van der Waals surface area contributed by atoms with Crippen molar-refractivity contribution < 1.29 is 18.3 Å². The third kappa shape index (κ3) is 4.04. The van der Waals surface area contributed by atoms with Gasteiger partial charge in [-0.05, 0) is 12.8 Å². The number of nitrogens with one attached hydrogen (secondary N) is 2. The Morgan fingerprint density at radius 3 is 2.53 bits per heavy atom. The Morgan fingerprint density at radius 1 is 1.35 bits per heavy atom. The van der Waals surface area contributed by atoms with Crippen molar-refractivity contribution in [3.8, 4) is 0 Å². The molecule has 0 spiro atoms. The maximum Gasteiger partial charge on any atom is 0.262 e. The van der Waals surface area contributed by atoms with Crippen molar-refractivity contribution in [2.45, 2.75) is 37.3 Å². The maximum absolute atomic E-state index is 12.9. The van der Waals surface area contributed by atoms with Crippen LogP contribution in [0.1, 0.15) is 19.3 Å². The molecule has 2 fully saturated rings. The van der Waals surface area contributed by atoms with E-state index in [1.54, 1.807) is 0 Å². The third-order valence-electron chi connectivity index (χ3n) is 2.99. The molecule has 0 aliphatic carbocycles. The molecule has 0 bridgehead atoms. The van der Waals surface area contributed by atoms with Crippen LogP contribution >= 0.6 is 12.4 Å². The highest BCUT2D eigenvalue weighted by atomic mass is 35.5. The Labute approximate surface area is 105 Å². The van der Waals surface area contributed by atoms with Crippen LogP contribution in [0.3, 0.4) is 0 Å². The third-order valence-corrected chi connectivity index (χ3v) is 2.99. The molecule has 2 aliphatic rings. The van der Waals surface area contributed by atoms with Gasteiger partial charge < -0.3 is 10.1 Å². The van der Waals surface area contributed by atoms with E-state index < -0.39 is 24.9 Å². The Hall–Kier alpha value is -0.460. The fourth-order valence-electron chi connectivity index (χ4n) is 2.04. The number of amides is 1. The minimum Gasteiger partial charge on any atom is -0.381 e. The van der Waals surface area contributed by atoms with Gasteiger partial charge in [0.15, 0.2) is 0 Å². The molecular formula is C10H17ClF2N2O2. The monoisotopic (exact) mass is 270 g/mol. The van der Waals surface area contributed by atoms with Gasteiger partial charge in [0, 0.05) is 25.7 Å². The van der Waals surface area contributed by atoms with Crippen LogP contribution in [-0.4, -0.2) is 43.7 Å². The highest BCUT2D eigenvalue weighted by Crippen LogP contribution is 2.25. The molecule has 0 aromatic carbocycles. The summed E-state index contributed by atoms with van der Waals surface area (Å²) >= 11 is 0. The Kier molecular flexibility index (Phi) is 5.09. The Bertz CT molecular complexity index is 273. The van der Waals surface area contributed by atoms with E-state index in [1.807, 2.05) is 0 Å². The smallest absolute Gasteiger partial charge is 0.262 e. The van der Waals surface area contributed by atoms with Crippen LogP contribution in [0.25, 0.3) is 0 Å². The number of carbonyl (C=O) groups excluding carboxylic acids is 1. The van der Waals surface area contributed by atoms with Crippen molar-refractivity contribution in [1.29, 1.82) is 0 Å². The topological polar surface area (TPSA) is 50.4 Å². The molecule has 1 amide bonds. The molecule has 2 aliphatic heterocycles. The first-order valence-corrected chi connectivity index (χ1v) is 5.56. The van der Waals surface area contributed by atoms with E-state index in [0.717, 1.165) is 12.8 Å². The minimum atomic E-state index is -2.75. The summed E-state index contributed by atoms with van der Waals surface area (Å²) in [5, 5.41) is 5.33. The first-order valence-electron chi connectivity index (χ1n) is 5.56. The number of alkyl halides is 2. The molecule has 0 radical (unpaired) electrons. The molecule has 1 atom stereocenters. The molecule has 2 rings (SSSR count). The van der Waals surface area contributed by atoms with Crippen LogP contribution in [0.5, 0.6) is 0 Å². The number of hydrogen-bond donors (Lipinski definition) is 2. The first-order chi connectivity index (χ1) is 7.57. The molecule has 0 saturated carbocycles. The second-order valence-corrected chi connectivity index (χ2v) is 4.39. The summed E-state index contributed by atoms with van der Waals surface area (Å²) in [5.74, 6) is -3.07. The highest BCUT2D eigenvalue weighted by Gasteiger charge is 2.42. The quantitative estimate of drug-likeness (QED) is 0.777. The van der Waals surface area contributed by atoms with Gasteiger partial charge in [-0.15, -0.1) is 12.4 Å². The summed E-state index contributed by atoms with van der Waals surface area (Å²) in [5.41, 5.74) is 0. The summed E-state index contributed by atoms with van der Waals surface area (Å²) in [4.78, 5) is 11.7. The van der Waals surface area contributed by atoms with E-state index in [-0.39, 0.29) is 24.4 Å². The van der Waals surface area contributed by atoms with Crippen molar-refractivity contribution in [1.82, 2.24) is 10.6 Å². The molecule has 0 aromatic rings. The zero-order valence-corrected chi connectivity index (χ0v) is 10.2. The van der Waals surface area contributed by atoms with Crippen molar-refractivity contribution in [2.24, 2.45) is 0 Å². The van der Waals surface area contributed by atoms with E-state index in [4.69, 9.17) is 4.74 Å². The van der Waals surface area contributed by atoms with Crippen molar-refractivity contribution in [2.75, 3.05) is 19.8 Å². The van der Waals surface area contributed by atoms with Crippen LogP contribution in [0.15, 0.2) is 0 Å². The normalized spacial score (nSPS) is 28.5. The van der Waals surface area contributed by atoms with Gasteiger partial charge in [0.25, 0.3) is 5.92 Å². The first kappa shape index (κ1) is 14.6. The molecule has 0 aromatic heterocycles. The van der Waals surface area contributed by atoms with Crippen LogP contribution in [-0.2, 0) is 9.53 Å². The van der Waals surface area contributed by atoms with Gasteiger partial charge in [-0.2, -0.15) is 0 Å². The predicted molar refractivity (Wildman–Crippen MR) is 60.6 cm³/mol. The Balaban J connectivity index is 0.00000144. The lowest BCUT2D eigenvalue weighted by atomic mass is 10.1. The van der Waals surface area contributed by atoms with Gasteiger partial charge in [-0.1, -0.05) is 0 Å². The second kappa shape index (κ2) is 5.93. The van der Waals surface area contributed by atoms with Crippen molar-refractivity contribution in [3.05, 3.63) is 0 Å². The summed E-state index contributed by atoms with van der Waals surface area (Å²) in [7, 11) is 0. The van der Waals surface area contributed by atoms with Gasteiger partial charge in [-0.3, -0.25) is 10.1 Å². The lowest BCUT2D eigenvalue weighted by molar-refractivity contribution is -0.124. The number of rotatable bonds is 2. The molecule has 2 heterocycles. The average molecular weight is 271 g/mol. The molecule has 4 nitrogen and oxygen atoms in total. The molecule has 7 heteroatoms. The molecule has 2 saturated heterocycles. The van der Waals surface area contributed by atoms with E-state index in [0.29, 0.717) is 13.2 Å². The summed E-state index contributed by atoms with van der Waals surface area (Å²) in [6, 6.07) is -0.685. The fourth-order valence-corrected chi connectivity index (χ4v) is 2.04. The van der Waals surface area contributed by atoms with Crippen LogP contribution < -0.4 is 10.6 Å². The predicted octanol–water partition coefficient (Wildman–Crippen LogP) is 0.701. The number of carbonyl (C=O) groups is 1. The van der Waals surface area contributed by atoms with Crippen molar-refractivity contribution in [3.63, 3.8) is 0 Å². The van der Waals surface area contributed by atoms with Gasteiger partial charge >= 0.3 is 0 Å². The summed E-state index contributed by atoms with van der Waals surface area (Å²) in [6.07, 6.45) is 1.12. The minimum absolute atomic E-state index is 0. The van der Waals surface area contributed by atoms with Crippen LogP contribution in [0.4, 0.5) is 8.78 Å². The van der Waals surface area contributed by atoms with Crippen LogP contribution in [0, 0.1) is 0 Å². The molecule has 17 heavy (non-hydrogen) atoms. The van der Waals surface area contributed by atoms with Crippen LogP contribution in [0.2, 0.25) is 0 Å². The number of hydrogen-bond acceptors (Lipinski definition) is 3. The lowest BCUT2D eigenvalue weighted by Crippen LogP contribution is -2.46. The summed E-state index contributed by atoms with van der Waals surface area (Å²) in [6.45, 7) is 0.845. The number of halogens is 3.